The van der Waals surface area contributed by atoms with Crippen LogP contribution in [0.1, 0.15) is 23.6 Å². The smallest absolute Gasteiger partial charge is 0.254 e. The van der Waals surface area contributed by atoms with Crippen LogP contribution in [-0.2, 0) is 16.0 Å². The van der Waals surface area contributed by atoms with Crippen LogP contribution in [0, 0.1) is 0 Å². The quantitative estimate of drug-likeness (QED) is 0.785. The Morgan fingerprint density at radius 2 is 1.65 bits per heavy atom. The van der Waals surface area contributed by atoms with Crippen LogP contribution in [0.2, 0.25) is 0 Å². The summed E-state index contributed by atoms with van der Waals surface area (Å²) in [5.41, 5.74) is 2.06. The molecular formula is C15H15NO4. The van der Waals surface area contributed by atoms with Crippen molar-refractivity contribution in [3.63, 3.8) is 0 Å². The molecule has 0 saturated heterocycles. The maximum Gasteiger partial charge on any atom is 0.254 e. The number of carbonyl (C=O) groups excluding carboxylic acids is 2. The van der Waals surface area contributed by atoms with Crippen LogP contribution >= 0.6 is 0 Å². The average Bonchev–Trinajstić information content (AvgIpc) is 3.00. The van der Waals surface area contributed by atoms with E-state index in [2.05, 4.69) is 0 Å². The highest BCUT2D eigenvalue weighted by Crippen LogP contribution is 2.42. The first-order chi connectivity index (χ1) is 9.65. The summed E-state index contributed by atoms with van der Waals surface area (Å²) in [5.74, 6) is 0.791. The predicted molar refractivity (Wildman–Crippen MR) is 71.6 cm³/mol. The second kappa shape index (κ2) is 4.67. The summed E-state index contributed by atoms with van der Waals surface area (Å²) in [5, 5.41) is 0. The Kier molecular flexibility index (Phi) is 2.97. The SMILES string of the molecule is COc1cc2c(cc1OC)[C@@H](N1C(=O)C=CC1=O)CC2. The Morgan fingerprint density at radius 3 is 2.25 bits per heavy atom. The molecule has 20 heavy (non-hydrogen) atoms. The summed E-state index contributed by atoms with van der Waals surface area (Å²) in [6.07, 6.45) is 4.20. The number of carbonyl (C=O) groups is 2. The summed E-state index contributed by atoms with van der Waals surface area (Å²) in [4.78, 5) is 25.0. The summed E-state index contributed by atoms with van der Waals surface area (Å²) < 4.78 is 10.6. The van der Waals surface area contributed by atoms with Crippen molar-refractivity contribution in [1.29, 1.82) is 0 Å². The predicted octanol–water partition coefficient (Wildman–Crippen LogP) is 1.62. The van der Waals surface area contributed by atoms with Gasteiger partial charge >= 0.3 is 0 Å². The highest BCUT2D eigenvalue weighted by Gasteiger charge is 2.36. The number of aryl methyl sites for hydroxylation is 1. The molecule has 1 aromatic carbocycles. The van der Waals surface area contributed by atoms with Crippen LogP contribution in [-0.4, -0.2) is 30.9 Å². The molecule has 1 atom stereocenters. The Labute approximate surface area is 116 Å². The molecule has 0 spiro atoms. The molecule has 0 aromatic heterocycles. The minimum atomic E-state index is -0.248. The van der Waals surface area contributed by atoms with Crippen molar-refractivity contribution in [3.8, 4) is 11.5 Å². The maximum atomic E-state index is 11.8. The lowest BCUT2D eigenvalue weighted by atomic mass is 10.1. The van der Waals surface area contributed by atoms with Crippen LogP contribution in [0.4, 0.5) is 0 Å². The van der Waals surface area contributed by atoms with Gasteiger partial charge in [0, 0.05) is 12.2 Å². The molecule has 0 N–H and O–H groups in total. The zero-order valence-electron chi connectivity index (χ0n) is 11.4. The van der Waals surface area contributed by atoms with Crippen molar-refractivity contribution in [2.45, 2.75) is 18.9 Å². The van der Waals surface area contributed by atoms with Gasteiger partial charge < -0.3 is 9.47 Å². The fourth-order valence-corrected chi connectivity index (χ4v) is 2.90. The molecule has 0 bridgehead atoms. The topological polar surface area (TPSA) is 55.8 Å². The first-order valence-corrected chi connectivity index (χ1v) is 6.45. The molecule has 0 radical (unpaired) electrons. The molecule has 5 heteroatoms. The molecule has 0 saturated carbocycles. The molecule has 0 unspecified atom stereocenters. The van der Waals surface area contributed by atoms with E-state index >= 15 is 0 Å². The van der Waals surface area contributed by atoms with Gasteiger partial charge in [0.15, 0.2) is 11.5 Å². The fourth-order valence-electron chi connectivity index (χ4n) is 2.90. The molecule has 2 amide bonds. The van der Waals surface area contributed by atoms with Gasteiger partial charge in [-0.25, -0.2) is 0 Å². The van der Waals surface area contributed by atoms with Gasteiger partial charge in [-0.1, -0.05) is 0 Å². The average molecular weight is 273 g/mol. The standard InChI is InChI=1S/C15H15NO4/c1-19-12-7-9-3-4-11(10(9)8-13(12)20-2)16-14(17)5-6-15(16)18/h5-8,11H,3-4H2,1-2H3/t11-/m0/s1. The molecular weight excluding hydrogens is 258 g/mol. The zero-order valence-corrected chi connectivity index (χ0v) is 11.4. The van der Waals surface area contributed by atoms with E-state index in [4.69, 9.17) is 9.47 Å². The Morgan fingerprint density at radius 1 is 1.05 bits per heavy atom. The van der Waals surface area contributed by atoms with Crippen LogP contribution in [0.25, 0.3) is 0 Å². The first kappa shape index (κ1) is 12.7. The minimum Gasteiger partial charge on any atom is -0.493 e. The third kappa shape index (κ3) is 1.78. The second-order valence-electron chi connectivity index (χ2n) is 4.84. The third-order valence-corrected chi connectivity index (χ3v) is 3.85. The van der Waals surface area contributed by atoms with Crippen LogP contribution in [0.5, 0.6) is 11.5 Å². The number of hydrogen-bond acceptors (Lipinski definition) is 4. The van der Waals surface area contributed by atoms with E-state index < -0.39 is 0 Å². The van der Waals surface area contributed by atoms with Crippen molar-refractivity contribution in [2.75, 3.05) is 14.2 Å². The van der Waals surface area contributed by atoms with Crippen LogP contribution in [0.3, 0.4) is 0 Å². The highest BCUT2D eigenvalue weighted by molar-refractivity contribution is 6.13. The lowest BCUT2D eigenvalue weighted by Gasteiger charge is -2.23. The number of methoxy groups -OCH3 is 2. The lowest BCUT2D eigenvalue weighted by molar-refractivity contribution is -0.139. The summed E-state index contributed by atoms with van der Waals surface area (Å²) in [6.45, 7) is 0. The number of imide groups is 1. The third-order valence-electron chi connectivity index (χ3n) is 3.85. The molecule has 3 rings (SSSR count). The van der Waals surface area contributed by atoms with E-state index in [-0.39, 0.29) is 17.9 Å². The van der Waals surface area contributed by atoms with Gasteiger partial charge in [0.25, 0.3) is 11.8 Å². The van der Waals surface area contributed by atoms with E-state index in [1.165, 1.54) is 17.1 Å². The number of amides is 2. The molecule has 1 aliphatic heterocycles. The number of hydrogen-bond donors (Lipinski definition) is 0. The van der Waals surface area contributed by atoms with E-state index in [1.807, 2.05) is 12.1 Å². The highest BCUT2D eigenvalue weighted by atomic mass is 16.5. The monoisotopic (exact) mass is 273 g/mol. The van der Waals surface area contributed by atoms with Gasteiger partial charge in [0.2, 0.25) is 0 Å². The van der Waals surface area contributed by atoms with Crippen molar-refractivity contribution < 1.29 is 19.1 Å². The molecule has 5 nitrogen and oxygen atoms in total. The van der Waals surface area contributed by atoms with Gasteiger partial charge in [-0.15, -0.1) is 0 Å². The number of rotatable bonds is 3. The molecule has 2 aliphatic rings. The van der Waals surface area contributed by atoms with Crippen molar-refractivity contribution >= 4 is 11.8 Å². The minimum absolute atomic E-state index is 0.209. The largest absolute Gasteiger partial charge is 0.493 e. The zero-order chi connectivity index (χ0) is 14.3. The van der Waals surface area contributed by atoms with Crippen molar-refractivity contribution in [2.24, 2.45) is 0 Å². The van der Waals surface area contributed by atoms with Crippen LogP contribution < -0.4 is 9.47 Å². The van der Waals surface area contributed by atoms with Gasteiger partial charge in [-0.05, 0) is 36.1 Å². The van der Waals surface area contributed by atoms with Gasteiger partial charge in [-0.2, -0.15) is 0 Å². The maximum absolute atomic E-state index is 11.8. The summed E-state index contributed by atoms with van der Waals surface area (Å²) in [7, 11) is 3.16. The molecule has 1 aliphatic carbocycles. The Balaban J connectivity index is 2.02. The van der Waals surface area contributed by atoms with Crippen molar-refractivity contribution in [3.05, 3.63) is 35.4 Å². The first-order valence-electron chi connectivity index (χ1n) is 6.45. The number of fused-ring (bicyclic) bond motifs is 1. The van der Waals surface area contributed by atoms with E-state index in [0.717, 1.165) is 24.0 Å². The molecule has 1 heterocycles. The van der Waals surface area contributed by atoms with E-state index in [1.54, 1.807) is 14.2 Å². The Hall–Kier alpha value is -2.30. The summed E-state index contributed by atoms with van der Waals surface area (Å²) >= 11 is 0. The number of ether oxygens (including phenoxy) is 2. The van der Waals surface area contributed by atoms with E-state index in [9.17, 15) is 9.59 Å². The lowest BCUT2D eigenvalue weighted by Crippen LogP contribution is -2.33. The van der Waals surface area contributed by atoms with Crippen molar-refractivity contribution in [1.82, 2.24) is 4.90 Å². The van der Waals surface area contributed by atoms with Crippen LogP contribution in [0.15, 0.2) is 24.3 Å². The fraction of sp³-hybridized carbons (Fsp3) is 0.333. The normalized spacial score (nSPS) is 20.5. The second-order valence-corrected chi connectivity index (χ2v) is 4.84. The summed E-state index contributed by atoms with van der Waals surface area (Å²) in [6, 6.07) is 3.58. The molecule has 104 valence electrons. The number of nitrogens with zero attached hydrogens (tertiary/aromatic N) is 1. The molecule has 1 aromatic rings. The van der Waals surface area contributed by atoms with E-state index in [0.29, 0.717) is 11.5 Å². The van der Waals surface area contributed by atoms with Gasteiger partial charge in [-0.3, -0.25) is 14.5 Å². The van der Waals surface area contributed by atoms with Gasteiger partial charge in [0.1, 0.15) is 0 Å². The Bertz CT molecular complexity index is 603. The molecule has 0 fully saturated rings. The van der Waals surface area contributed by atoms with Gasteiger partial charge in [0.05, 0.1) is 20.3 Å². The number of benzene rings is 1.